The molecular formula is C18H26N2S. The molecule has 0 spiro atoms. The van der Waals surface area contributed by atoms with E-state index in [-0.39, 0.29) is 0 Å². The summed E-state index contributed by atoms with van der Waals surface area (Å²) < 4.78 is 0. The van der Waals surface area contributed by atoms with Crippen LogP contribution < -0.4 is 10.6 Å². The standard InChI is InChI=1S/C18H26N2S/c1-13(7-8-14-5-3-2-4-6-14)19-18(21)20-17-12-15-9-10-16(17)11-15/h2-6,13,15-17H,7-12H2,1H3,(H2,19,20,21)/t13-,15-,16-,17-/m0/s1. The molecule has 2 fully saturated rings. The molecule has 2 nitrogen and oxygen atoms in total. The molecule has 0 amide bonds. The maximum atomic E-state index is 5.49. The molecule has 2 saturated carbocycles. The summed E-state index contributed by atoms with van der Waals surface area (Å²) in [5.41, 5.74) is 1.40. The van der Waals surface area contributed by atoms with Gasteiger partial charge in [0.15, 0.2) is 5.11 Å². The van der Waals surface area contributed by atoms with Gasteiger partial charge in [-0.15, -0.1) is 0 Å². The summed E-state index contributed by atoms with van der Waals surface area (Å²) in [5, 5.41) is 7.87. The van der Waals surface area contributed by atoms with Crippen LogP contribution in [0, 0.1) is 11.8 Å². The Morgan fingerprint density at radius 2 is 2.05 bits per heavy atom. The van der Waals surface area contributed by atoms with Crippen molar-refractivity contribution in [2.24, 2.45) is 11.8 Å². The molecule has 2 N–H and O–H groups in total. The van der Waals surface area contributed by atoms with Gasteiger partial charge in [-0.25, -0.2) is 0 Å². The van der Waals surface area contributed by atoms with Gasteiger partial charge in [-0.05, 0) is 68.6 Å². The highest BCUT2D eigenvalue weighted by Crippen LogP contribution is 2.44. The van der Waals surface area contributed by atoms with E-state index in [9.17, 15) is 0 Å². The van der Waals surface area contributed by atoms with Crippen molar-refractivity contribution < 1.29 is 0 Å². The van der Waals surface area contributed by atoms with Crippen LogP contribution >= 0.6 is 12.2 Å². The summed E-state index contributed by atoms with van der Waals surface area (Å²) in [7, 11) is 0. The lowest BCUT2D eigenvalue weighted by molar-refractivity contribution is 0.387. The number of nitrogens with one attached hydrogen (secondary N) is 2. The lowest BCUT2D eigenvalue weighted by atomic mass is 9.95. The van der Waals surface area contributed by atoms with Crippen molar-refractivity contribution in [2.45, 2.75) is 57.5 Å². The number of aryl methyl sites for hydroxylation is 1. The predicted octanol–water partition coefficient (Wildman–Crippen LogP) is 3.66. The summed E-state index contributed by atoms with van der Waals surface area (Å²) in [6, 6.07) is 11.7. The van der Waals surface area contributed by atoms with Crippen molar-refractivity contribution in [3.8, 4) is 0 Å². The summed E-state index contributed by atoms with van der Waals surface area (Å²) in [4.78, 5) is 0. The molecule has 0 aromatic heterocycles. The van der Waals surface area contributed by atoms with Crippen molar-refractivity contribution in [2.75, 3.05) is 0 Å². The average molecular weight is 302 g/mol. The molecule has 1 aromatic carbocycles. The Balaban J connectivity index is 1.38. The Morgan fingerprint density at radius 3 is 2.71 bits per heavy atom. The lowest BCUT2D eigenvalue weighted by Gasteiger charge is -2.26. The van der Waals surface area contributed by atoms with Gasteiger partial charge < -0.3 is 10.6 Å². The van der Waals surface area contributed by atoms with Crippen molar-refractivity contribution in [1.82, 2.24) is 10.6 Å². The average Bonchev–Trinajstić information content (AvgIpc) is 3.08. The highest BCUT2D eigenvalue weighted by Gasteiger charge is 2.39. The third kappa shape index (κ3) is 3.97. The van der Waals surface area contributed by atoms with Crippen molar-refractivity contribution in [3.63, 3.8) is 0 Å². The van der Waals surface area contributed by atoms with Gasteiger partial charge in [0.2, 0.25) is 0 Å². The van der Waals surface area contributed by atoms with Crippen LogP contribution in [0.15, 0.2) is 30.3 Å². The quantitative estimate of drug-likeness (QED) is 0.812. The highest BCUT2D eigenvalue weighted by atomic mass is 32.1. The fraction of sp³-hybridized carbons (Fsp3) is 0.611. The molecule has 0 unspecified atom stereocenters. The lowest BCUT2D eigenvalue weighted by Crippen LogP contribution is -2.47. The molecule has 0 saturated heterocycles. The van der Waals surface area contributed by atoms with Crippen LogP contribution in [0.1, 0.15) is 44.6 Å². The zero-order valence-corrected chi connectivity index (χ0v) is 13.7. The molecule has 3 rings (SSSR count). The van der Waals surface area contributed by atoms with E-state index in [2.05, 4.69) is 47.9 Å². The van der Waals surface area contributed by atoms with Crippen LogP contribution in [0.25, 0.3) is 0 Å². The number of hydrogen-bond acceptors (Lipinski definition) is 1. The number of hydrogen-bond donors (Lipinski definition) is 2. The number of thiocarbonyl (C=S) groups is 1. The van der Waals surface area contributed by atoms with Gasteiger partial charge in [-0.1, -0.05) is 36.8 Å². The number of benzene rings is 1. The summed E-state index contributed by atoms with van der Waals surface area (Å²) in [6.07, 6.45) is 7.80. The van der Waals surface area contributed by atoms with Crippen LogP contribution in [0.4, 0.5) is 0 Å². The first-order chi connectivity index (χ1) is 10.2. The Bertz CT molecular complexity index is 473. The zero-order valence-electron chi connectivity index (χ0n) is 12.8. The van der Waals surface area contributed by atoms with E-state index in [1.807, 2.05) is 0 Å². The fourth-order valence-electron chi connectivity index (χ4n) is 3.96. The van der Waals surface area contributed by atoms with Crippen LogP contribution in [0.3, 0.4) is 0 Å². The van der Waals surface area contributed by atoms with Crippen LogP contribution in [0.5, 0.6) is 0 Å². The SMILES string of the molecule is C[C@@H](CCc1ccccc1)NC(=S)N[C@H]1C[C@H]2CC[C@H]1C2. The van der Waals surface area contributed by atoms with Gasteiger partial charge >= 0.3 is 0 Å². The normalized spacial score (nSPS) is 28.3. The molecule has 3 heteroatoms. The Morgan fingerprint density at radius 1 is 1.24 bits per heavy atom. The maximum Gasteiger partial charge on any atom is 0.166 e. The van der Waals surface area contributed by atoms with Crippen LogP contribution in [-0.2, 0) is 6.42 Å². The molecule has 0 aliphatic heterocycles. The minimum absolute atomic E-state index is 0.420. The first-order valence-electron chi connectivity index (χ1n) is 8.31. The summed E-state index contributed by atoms with van der Waals surface area (Å²) >= 11 is 5.49. The topological polar surface area (TPSA) is 24.1 Å². The second-order valence-corrected chi connectivity index (χ2v) is 7.23. The molecular weight excluding hydrogens is 276 g/mol. The first kappa shape index (κ1) is 14.8. The highest BCUT2D eigenvalue weighted by molar-refractivity contribution is 7.80. The molecule has 21 heavy (non-hydrogen) atoms. The maximum absolute atomic E-state index is 5.49. The van der Waals surface area contributed by atoms with E-state index in [0.717, 1.165) is 29.8 Å². The van der Waals surface area contributed by atoms with E-state index >= 15 is 0 Å². The van der Waals surface area contributed by atoms with E-state index in [1.54, 1.807) is 0 Å². The molecule has 2 aliphatic rings. The van der Waals surface area contributed by atoms with E-state index < -0.39 is 0 Å². The second kappa shape index (κ2) is 6.78. The number of fused-ring (bicyclic) bond motifs is 2. The molecule has 1 aromatic rings. The fourth-order valence-corrected chi connectivity index (χ4v) is 4.31. The molecule has 2 aliphatic carbocycles. The third-order valence-corrected chi connectivity index (χ3v) is 5.38. The van der Waals surface area contributed by atoms with E-state index in [4.69, 9.17) is 12.2 Å². The molecule has 4 atom stereocenters. The summed E-state index contributed by atoms with van der Waals surface area (Å²) in [6.45, 7) is 2.22. The van der Waals surface area contributed by atoms with Gasteiger partial charge in [-0.2, -0.15) is 0 Å². The second-order valence-electron chi connectivity index (χ2n) is 6.82. The zero-order chi connectivity index (χ0) is 14.7. The first-order valence-corrected chi connectivity index (χ1v) is 8.72. The van der Waals surface area contributed by atoms with Gasteiger partial charge in [0, 0.05) is 12.1 Å². The Hall–Kier alpha value is -1.09. The van der Waals surface area contributed by atoms with Gasteiger partial charge in [0.1, 0.15) is 0 Å². The van der Waals surface area contributed by atoms with Gasteiger partial charge in [0.05, 0.1) is 0 Å². The smallest absolute Gasteiger partial charge is 0.166 e. The van der Waals surface area contributed by atoms with Crippen molar-refractivity contribution in [3.05, 3.63) is 35.9 Å². The molecule has 2 bridgehead atoms. The van der Waals surface area contributed by atoms with Crippen molar-refractivity contribution in [1.29, 1.82) is 0 Å². The van der Waals surface area contributed by atoms with Gasteiger partial charge in [0.25, 0.3) is 0 Å². The Labute approximate surface area is 133 Å². The van der Waals surface area contributed by atoms with E-state index in [0.29, 0.717) is 12.1 Å². The Kier molecular flexibility index (Phi) is 4.79. The molecule has 0 radical (unpaired) electrons. The predicted molar refractivity (Wildman–Crippen MR) is 92.3 cm³/mol. The molecule has 114 valence electrons. The van der Waals surface area contributed by atoms with E-state index in [1.165, 1.54) is 31.2 Å². The van der Waals surface area contributed by atoms with Crippen LogP contribution in [0.2, 0.25) is 0 Å². The molecule has 0 heterocycles. The van der Waals surface area contributed by atoms with Gasteiger partial charge in [-0.3, -0.25) is 0 Å². The minimum Gasteiger partial charge on any atom is -0.360 e. The van der Waals surface area contributed by atoms with Crippen LogP contribution in [-0.4, -0.2) is 17.2 Å². The number of rotatable bonds is 5. The minimum atomic E-state index is 0.420. The summed E-state index contributed by atoms with van der Waals surface area (Å²) in [5.74, 6) is 1.83. The largest absolute Gasteiger partial charge is 0.360 e. The monoisotopic (exact) mass is 302 g/mol. The van der Waals surface area contributed by atoms with Crippen molar-refractivity contribution >= 4 is 17.3 Å². The third-order valence-electron chi connectivity index (χ3n) is 5.14.